The van der Waals surface area contributed by atoms with Crippen LogP contribution in [0.3, 0.4) is 0 Å². The van der Waals surface area contributed by atoms with E-state index in [1.807, 2.05) is 0 Å². The number of hydrogen-bond donors (Lipinski definition) is 1. The lowest BCUT2D eigenvalue weighted by Crippen LogP contribution is -2.19. The molecule has 1 unspecified atom stereocenters. The van der Waals surface area contributed by atoms with Gasteiger partial charge in [-0.25, -0.2) is 4.39 Å². The number of rotatable bonds is 3. The molecule has 0 saturated carbocycles. The highest BCUT2D eigenvalue weighted by atomic mass is 19.1. The minimum absolute atomic E-state index is 0.185. The molecule has 0 bridgehead atoms. The van der Waals surface area contributed by atoms with Crippen LogP contribution in [-0.2, 0) is 4.79 Å². The average molecular weight is 197 g/mol. The molecule has 0 aliphatic carbocycles. The number of benzene rings is 1. The molecule has 4 heteroatoms. The molecule has 0 radical (unpaired) electrons. The molecule has 0 amide bonds. The van der Waals surface area contributed by atoms with Crippen molar-refractivity contribution in [3.05, 3.63) is 29.6 Å². The maximum absolute atomic E-state index is 12.8. The number of ether oxygens (including phenoxy) is 1. The second kappa shape index (κ2) is 4.19. The van der Waals surface area contributed by atoms with Crippen LogP contribution >= 0.6 is 0 Å². The van der Waals surface area contributed by atoms with Crippen LogP contribution in [0.15, 0.2) is 18.2 Å². The van der Waals surface area contributed by atoms with Gasteiger partial charge in [0, 0.05) is 11.6 Å². The number of carbonyl (C=O) groups is 1. The van der Waals surface area contributed by atoms with E-state index >= 15 is 0 Å². The standard InChI is InChI=1S/C10H12FNO2/c1-6(13)10(12)8-4-3-7(11)5-9(8)14-2/h3-5,10H,12H2,1-2H3. The number of methoxy groups -OCH3 is 1. The van der Waals surface area contributed by atoms with Gasteiger partial charge < -0.3 is 10.5 Å². The van der Waals surface area contributed by atoms with Crippen LogP contribution in [0.1, 0.15) is 18.5 Å². The van der Waals surface area contributed by atoms with E-state index in [0.717, 1.165) is 0 Å². The average Bonchev–Trinajstić information content (AvgIpc) is 2.16. The summed E-state index contributed by atoms with van der Waals surface area (Å²) in [6.45, 7) is 1.38. The van der Waals surface area contributed by atoms with Crippen LogP contribution in [-0.4, -0.2) is 12.9 Å². The van der Waals surface area contributed by atoms with Gasteiger partial charge in [-0.3, -0.25) is 4.79 Å². The molecular weight excluding hydrogens is 185 g/mol. The summed E-state index contributed by atoms with van der Waals surface area (Å²) in [5.41, 5.74) is 6.11. The van der Waals surface area contributed by atoms with Gasteiger partial charge in [0.05, 0.1) is 13.2 Å². The van der Waals surface area contributed by atoms with E-state index in [4.69, 9.17) is 10.5 Å². The number of halogens is 1. The zero-order valence-electron chi connectivity index (χ0n) is 8.08. The second-order valence-electron chi connectivity index (χ2n) is 2.97. The Balaban J connectivity index is 3.13. The molecular formula is C10H12FNO2. The van der Waals surface area contributed by atoms with E-state index in [-0.39, 0.29) is 5.78 Å². The Bertz CT molecular complexity index is 352. The fourth-order valence-corrected chi connectivity index (χ4v) is 1.16. The van der Waals surface area contributed by atoms with Gasteiger partial charge in [-0.05, 0) is 13.0 Å². The van der Waals surface area contributed by atoms with E-state index in [0.29, 0.717) is 11.3 Å². The number of Topliss-reactive ketones (excluding diaryl/α,β-unsaturated/α-hetero) is 1. The van der Waals surface area contributed by atoms with Crippen LogP contribution in [0.2, 0.25) is 0 Å². The van der Waals surface area contributed by atoms with Gasteiger partial charge in [0.2, 0.25) is 0 Å². The topological polar surface area (TPSA) is 52.3 Å². The van der Waals surface area contributed by atoms with Crippen LogP contribution < -0.4 is 10.5 Å². The Kier molecular flexibility index (Phi) is 3.19. The Morgan fingerprint density at radius 3 is 2.71 bits per heavy atom. The summed E-state index contributed by atoms with van der Waals surface area (Å²) in [6.07, 6.45) is 0. The van der Waals surface area contributed by atoms with Crippen molar-refractivity contribution in [2.45, 2.75) is 13.0 Å². The van der Waals surface area contributed by atoms with Crippen molar-refractivity contribution in [1.82, 2.24) is 0 Å². The molecule has 0 aromatic heterocycles. The van der Waals surface area contributed by atoms with Gasteiger partial charge in [-0.2, -0.15) is 0 Å². The lowest BCUT2D eigenvalue weighted by Gasteiger charge is -2.12. The lowest BCUT2D eigenvalue weighted by molar-refractivity contribution is -0.118. The quantitative estimate of drug-likeness (QED) is 0.797. The molecule has 3 nitrogen and oxygen atoms in total. The van der Waals surface area contributed by atoms with Crippen molar-refractivity contribution in [3.8, 4) is 5.75 Å². The highest BCUT2D eigenvalue weighted by Gasteiger charge is 2.16. The zero-order chi connectivity index (χ0) is 10.7. The van der Waals surface area contributed by atoms with Crippen molar-refractivity contribution in [3.63, 3.8) is 0 Å². The van der Waals surface area contributed by atoms with Crippen LogP contribution in [0, 0.1) is 5.82 Å². The van der Waals surface area contributed by atoms with E-state index in [2.05, 4.69) is 0 Å². The third-order valence-corrected chi connectivity index (χ3v) is 1.97. The predicted molar refractivity (Wildman–Crippen MR) is 50.6 cm³/mol. The molecule has 1 rings (SSSR count). The van der Waals surface area contributed by atoms with Gasteiger partial charge in [0.15, 0.2) is 5.78 Å². The Morgan fingerprint density at radius 1 is 1.57 bits per heavy atom. The Labute approximate surface area is 81.7 Å². The third-order valence-electron chi connectivity index (χ3n) is 1.97. The second-order valence-corrected chi connectivity index (χ2v) is 2.97. The fraction of sp³-hybridized carbons (Fsp3) is 0.300. The molecule has 2 N–H and O–H groups in total. The molecule has 1 aromatic rings. The molecule has 1 aromatic carbocycles. The van der Waals surface area contributed by atoms with E-state index in [9.17, 15) is 9.18 Å². The molecule has 0 heterocycles. The normalized spacial score (nSPS) is 12.3. The van der Waals surface area contributed by atoms with E-state index in [1.165, 1.54) is 32.2 Å². The molecule has 0 fully saturated rings. The Morgan fingerprint density at radius 2 is 2.21 bits per heavy atom. The summed E-state index contributed by atoms with van der Waals surface area (Å²) in [7, 11) is 1.41. The van der Waals surface area contributed by atoms with Crippen molar-refractivity contribution < 1.29 is 13.9 Å². The minimum Gasteiger partial charge on any atom is -0.496 e. The largest absolute Gasteiger partial charge is 0.496 e. The summed E-state index contributed by atoms with van der Waals surface area (Å²) in [6, 6.07) is 3.16. The van der Waals surface area contributed by atoms with Gasteiger partial charge in [-0.1, -0.05) is 6.07 Å². The zero-order valence-corrected chi connectivity index (χ0v) is 8.08. The first kappa shape index (κ1) is 10.7. The monoisotopic (exact) mass is 197 g/mol. The van der Waals surface area contributed by atoms with E-state index < -0.39 is 11.9 Å². The van der Waals surface area contributed by atoms with Gasteiger partial charge in [-0.15, -0.1) is 0 Å². The van der Waals surface area contributed by atoms with Crippen molar-refractivity contribution >= 4 is 5.78 Å². The number of carbonyl (C=O) groups excluding carboxylic acids is 1. The maximum atomic E-state index is 12.8. The summed E-state index contributed by atoms with van der Waals surface area (Å²) >= 11 is 0. The first-order valence-electron chi connectivity index (χ1n) is 4.15. The minimum atomic E-state index is -0.759. The SMILES string of the molecule is COc1cc(F)ccc1C(N)C(C)=O. The smallest absolute Gasteiger partial charge is 0.151 e. The first-order valence-corrected chi connectivity index (χ1v) is 4.15. The lowest BCUT2D eigenvalue weighted by atomic mass is 10.0. The summed E-state index contributed by atoms with van der Waals surface area (Å²) in [4.78, 5) is 11.0. The predicted octanol–water partition coefficient (Wildman–Crippen LogP) is 1.42. The molecule has 0 aliphatic rings. The number of nitrogens with two attached hydrogens (primary N) is 1. The van der Waals surface area contributed by atoms with Crippen LogP contribution in [0.4, 0.5) is 4.39 Å². The van der Waals surface area contributed by atoms with Gasteiger partial charge >= 0.3 is 0 Å². The Hall–Kier alpha value is -1.42. The summed E-state index contributed by atoms with van der Waals surface area (Å²) < 4.78 is 17.7. The van der Waals surface area contributed by atoms with Crippen LogP contribution in [0.25, 0.3) is 0 Å². The molecule has 76 valence electrons. The first-order chi connectivity index (χ1) is 6.56. The summed E-state index contributed by atoms with van der Waals surface area (Å²) in [5.74, 6) is -0.302. The summed E-state index contributed by atoms with van der Waals surface area (Å²) in [5, 5.41) is 0. The highest BCUT2D eigenvalue weighted by Crippen LogP contribution is 2.24. The number of ketones is 1. The molecule has 0 saturated heterocycles. The molecule has 0 aliphatic heterocycles. The van der Waals surface area contributed by atoms with Crippen LogP contribution in [0.5, 0.6) is 5.75 Å². The van der Waals surface area contributed by atoms with E-state index in [1.54, 1.807) is 0 Å². The number of hydrogen-bond acceptors (Lipinski definition) is 3. The van der Waals surface area contributed by atoms with Crippen molar-refractivity contribution in [2.75, 3.05) is 7.11 Å². The van der Waals surface area contributed by atoms with Gasteiger partial charge in [0.1, 0.15) is 11.6 Å². The highest BCUT2D eigenvalue weighted by molar-refractivity contribution is 5.83. The fourth-order valence-electron chi connectivity index (χ4n) is 1.16. The van der Waals surface area contributed by atoms with Crippen molar-refractivity contribution in [2.24, 2.45) is 5.73 Å². The maximum Gasteiger partial charge on any atom is 0.151 e. The molecule has 1 atom stereocenters. The van der Waals surface area contributed by atoms with Crippen molar-refractivity contribution in [1.29, 1.82) is 0 Å². The van der Waals surface area contributed by atoms with Gasteiger partial charge in [0.25, 0.3) is 0 Å². The third kappa shape index (κ3) is 2.09. The molecule has 14 heavy (non-hydrogen) atoms. The molecule has 0 spiro atoms.